The smallest absolute Gasteiger partial charge is 0.0366 e. The molecule has 0 amide bonds. The molecule has 0 saturated heterocycles. The second kappa shape index (κ2) is 7.12. The van der Waals surface area contributed by atoms with Crippen molar-refractivity contribution in [2.75, 3.05) is 18.5 Å². The summed E-state index contributed by atoms with van der Waals surface area (Å²) in [5, 5.41) is 3.62. The minimum absolute atomic E-state index is 0.496. The number of anilines is 1. The number of nitrogens with zero attached hydrogens (tertiary/aromatic N) is 1. The van der Waals surface area contributed by atoms with Crippen molar-refractivity contribution in [2.24, 2.45) is 5.92 Å². The van der Waals surface area contributed by atoms with Gasteiger partial charge in [0.25, 0.3) is 0 Å². The summed E-state index contributed by atoms with van der Waals surface area (Å²) in [5.74, 6) is 0.911. The van der Waals surface area contributed by atoms with E-state index in [0.717, 1.165) is 18.9 Å². The molecule has 2 rings (SSSR count). The van der Waals surface area contributed by atoms with Gasteiger partial charge < -0.3 is 10.2 Å². The lowest BCUT2D eigenvalue weighted by atomic mass is 10.0. The van der Waals surface area contributed by atoms with Gasteiger partial charge in [0.2, 0.25) is 0 Å². The average molecular weight is 274 g/mol. The van der Waals surface area contributed by atoms with Gasteiger partial charge in [-0.3, -0.25) is 0 Å². The van der Waals surface area contributed by atoms with Gasteiger partial charge in [-0.1, -0.05) is 26.0 Å². The minimum Gasteiger partial charge on any atom is -0.372 e. The highest BCUT2D eigenvalue weighted by Crippen LogP contribution is 2.36. The third kappa shape index (κ3) is 3.76. The van der Waals surface area contributed by atoms with E-state index in [4.69, 9.17) is 0 Å². The quantitative estimate of drug-likeness (QED) is 0.757. The molecular formula is C18H30N2. The average Bonchev–Trinajstić information content (AvgIpc) is 3.32. The first-order valence-electron chi connectivity index (χ1n) is 8.23. The van der Waals surface area contributed by atoms with Gasteiger partial charge >= 0.3 is 0 Å². The van der Waals surface area contributed by atoms with Gasteiger partial charge in [0.05, 0.1) is 0 Å². The number of benzene rings is 1. The van der Waals surface area contributed by atoms with Gasteiger partial charge in [-0.05, 0) is 62.8 Å². The Hall–Kier alpha value is -1.02. The molecule has 1 N–H and O–H groups in total. The van der Waals surface area contributed by atoms with Gasteiger partial charge in [-0.25, -0.2) is 0 Å². The fourth-order valence-electron chi connectivity index (χ4n) is 2.89. The van der Waals surface area contributed by atoms with Crippen LogP contribution < -0.4 is 10.2 Å². The van der Waals surface area contributed by atoms with Crippen molar-refractivity contribution in [2.45, 2.75) is 58.5 Å². The van der Waals surface area contributed by atoms with Crippen molar-refractivity contribution in [1.29, 1.82) is 0 Å². The summed E-state index contributed by atoms with van der Waals surface area (Å²) in [6, 6.07) is 10.3. The van der Waals surface area contributed by atoms with Crippen molar-refractivity contribution < 1.29 is 0 Å². The standard InChI is InChI=1S/C18H30N2/c1-5-13-19-18(6-2)16-9-11-17(12-10-16)20(4)14(3)15-7-8-15/h9-12,14-15,18-19H,5-8,13H2,1-4H3. The molecule has 1 saturated carbocycles. The van der Waals surface area contributed by atoms with Crippen molar-refractivity contribution in [3.8, 4) is 0 Å². The molecule has 0 aromatic heterocycles. The Kier molecular flexibility index (Phi) is 5.47. The van der Waals surface area contributed by atoms with E-state index in [9.17, 15) is 0 Å². The first kappa shape index (κ1) is 15.4. The third-order valence-corrected chi connectivity index (χ3v) is 4.67. The summed E-state index contributed by atoms with van der Waals surface area (Å²) in [4.78, 5) is 2.43. The largest absolute Gasteiger partial charge is 0.372 e. The normalized spacial score (nSPS) is 17.8. The van der Waals surface area contributed by atoms with E-state index in [0.29, 0.717) is 12.1 Å². The molecule has 112 valence electrons. The molecule has 0 bridgehead atoms. The van der Waals surface area contributed by atoms with Gasteiger partial charge in [0, 0.05) is 24.8 Å². The van der Waals surface area contributed by atoms with E-state index in [-0.39, 0.29) is 0 Å². The summed E-state index contributed by atoms with van der Waals surface area (Å²) in [6.45, 7) is 7.92. The van der Waals surface area contributed by atoms with E-state index in [1.165, 1.54) is 30.5 Å². The van der Waals surface area contributed by atoms with E-state index < -0.39 is 0 Å². The molecule has 1 aliphatic rings. The van der Waals surface area contributed by atoms with Crippen molar-refractivity contribution in [1.82, 2.24) is 5.32 Å². The molecule has 1 fully saturated rings. The van der Waals surface area contributed by atoms with Gasteiger partial charge in [-0.2, -0.15) is 0 Å². The number of hydrogen-bond acceptors (Lipinski definition) is 2. The van der Waals surface area contributed by atoms with E-state index >= 15 is 0 Å². The minimum atomic E-state index is 0.496. The Bertz CT molecular complexity index is 394. The first-order valence-corrected chi connectivity index (χ1v) is 8.23. The summed E-state index contributed by atoms with van der Waals surface area (Å²) in [5.41, 5.74) is 2.76. The van der Waals surface area contributed by atoms with Crippen LogP contribution in [0.15, 0.2) is 24.3 Å². The summed E-state index contributed by atoms with van der Waals surface area (Å²) in [7, 11) is 2.23. The van der Waals surface area contributed by atoms with Crippen molar-refractivity contribution in [3.63, 3.8) is 0 Å². The molecule has 0 spiro atoms. The predicted molar refractivity (Wildman–Crippen MR) is 88.4 cm³/mol. The van der Waals surface area contributed by atoms with Crippen LogP contribution in [0, 0.1) is 5.92 Å². The Morgan fingerprint density at radius 1 is 1.20 bits per heavy atom. The molecule has 0 heterocycles. The third-order valence-electron chi connectivity index (χ3n) is 4.67. The second-order valence-electron chi connectivity index (χ2n) is 6.20. The van der Waals surface area contributed by atoms with Crippen LogP contribution in [-0.4, -0.2) is 19.6 Å². The lowest BCUT2D eigenvalue weighted by Gasteiger charge is -2.27. The highest BCUT2D eigenvalue weighted by molar-refractivity contribution is 5.48. The maximum absolute atomic E-state index is 3.62. The molecule has 0 aliphatic heterocycles. The van der Waals surface area contributed by atoms with Crippen LogP contribution in [0.1, 0.15) is 58.1 Å². The Morgan fingerprint density at radius 3 is 2.35 bits per heavy atom. The van der Waals surface area contributed by atoms with E-state index in [2.05, 4.69) is 62.3 Å². The fourth-order valence-corrected chi connectivity index (χ4v) is 2.89. The molecule has 2 nitrogen and oxygen atoms in total. The Morgan fingerprint density at radius 2 is 1.85 bits per heavy atom. The van der Waals surface area contributed by atoms with Crippen LogP contribution in [0.3, 0.4) is 0 Å². The van der Waals surface area contributed by atoms with E-state index in [1.807, 2.05) is 0 Å². The van der Waals surface area contributed by atoms with Crippen LogP contribution in [0.25, 0.3) is 0 Å². The molecule has 1 aromatic carbocycles. The monoisotopic (exact) mass is 274 g/mol. The molecular weight excluding hydrogens is 244 g/mol. The zero-order valence-electron chi connectivity index (χ0n) is 13.5. The molecule has 0 radical (unpaired) electrons. The predicted octanol–water partition coefficient (Wildman–Crippen LogP) is 4.37. The summed E-state index contributed by atoms with van der Waals surface area (Å²) >= 11 is 0. The van der Waals surface area contributed by atoms with Crippen molar-refractivity contribution in [3.05, 3.63) is 29.8 Å². The lowest BCUT2D eigenvalue weighted by Crippen LogP contribution is -2.30. The zero-order valence-corrected chi connectivity index (χ0v) is 13.5. The fraction of sp³-hybridized carbons (Fsp3) is 0.667. The summed E-state index contributed by atoms with van der Waals surface area (Å²) < 4.78 is 0. The molecule has 2 unspecified atom stereocenters. The molecule has 1 aliphatic carbocycles. The zero-order chi connectivity index (χ0) is 14.5. The topological polar surface area (TPSA) is 15.3 Å². The maximum atomic E-state index is 3.62. The van der Waals surface area contributed by atoms with Crippen LogP contribution in [0.2, 0.25) is 0 Å². The summed E-state index contributed by atoms with van der Waals surface area (Å²) in [6.07, 6.45) is 5.15. The highest BCUT2D eigenvalue weighted by atomic mass is 15.1. The van der Waals surface area contributed by atoms with Crippen LogP contribution in [-0.2, 0) is 0 Å². The van der Waals surface area contributed by atoms with Gasteiger partial charge in [-0.15, -0.1) is 0 Å². The van der Waals surface area contributed by atoms with E-state index in [1.54, 1.807) is 0 Å². The molecule has 1 aromatic rings. The first-order chi connectivity index (χ1) is 9.67. The highest BCUT2D eigenvalue weighted by Gasteiger charge is 2.30. The maximum Gasteiger partial charge on any atom is 0.0366 e. The van der Waals surface area contributed by atoms with Crippen molar-refractivity contribution >= 4 is 5.69 Å². The SMILES string of the molecule is CCCNC(CC)c1ccc(N(C)C(C)C2CC2)cc1. The van der Waals surface area contributed by atoms with Gasteiger partial charge in [0.1, 0.15) is 0 Å². The number of hydrogen-bond donors (Lipinski definition) is 1. The molecule has 2 heteroatoms. The molecule has 20 heavy (non-hydrogen) atoms. The molecule has 2 atom stereocenters. The number of nitrogens with one attached hydrogen (secondary N) is 1. The second-order valence-corrected chi connectivity index (χ2v) is 6.20. The number of rotatable bonds is 8. The Balaban J connectivity index is 2.00. The lowest BCUT2D eigenvalue weighted by molar-refractivity contribution is 0.518. The van der Waals surface area contributed by atoms with Crippen LogP contribution in [0.4, 0.5) is 5.69 Å². The van der Waals surface area contributed by atoms with Crippen LogP contribution in [0.5, 0.6) is 0 Å². The van der Waals surface area contributed by atoms with Gasteiger partial charge in [0.15, 0.2) is 0 Å². The Labute approximate surface area is 124 Å². The van der Waals surface area contributed by atoms with Crippen LogP contribution >= 0.6 is 0 Å².